The molecular formula is C19H28FN5. The molecule has 1 aliphatic rings. The van der Waals surface area contributed by atoms with Crippen LogP contribution < -0.4 is 10.2 Å². The summed E-state index contributed by atoms with van der Waals surface area (Å²) in [6, 6.07) is 7.22. The number of aryl methyl sites for hydroxylation is 1. The number of aromatic nitrogens is 2. The van der Waals surface area contributed by atoms with Gasteiger partial charge in [0.1, 0.15) is 5.82 Å². The molecule has 1 atom stereocenters. The smallest absolute Gasteiger partial charge is 0.123 e. The summed E-state index contributed by atoms with van der Waals surface area (Å²) in [6.07, 6.45) is 1.79. The lowest BCUT2D eigenvalue weighted by Crippen LogP contribution is -2.46. The quantitative estimate of drug-likeness (QED) is 0.873. The van der Waals surface area contributed by atoms with Gasteiger partial charge in [-0.1, -0.05) is 6.92 Å². The number of nitrogens with zero attached hydrogens (tertiary/aromatic N) is 4. The molecule has 0 unspecified atom stereocenters. The van der Waals surface area contributed by atoms with Crippen molar-refractivity contribution in [3.8, 4) is 0 Å². The number of rotatable bonds is 6. The third-order valence-electron chi connectivity index (χ3n) is 5.13. The second-order valence-corrected chi connectivity index (χ2v) is 6.67. The van der Waals surface area contributed by atoms with Crippen LogP contribution in [0.15, 0.2) is 30.5 Å². The molecule has 0 amide bonds. The summed E-state index contributed by atoms with van der Waals surface area (Å²) in [5.74, 6) is -0.180. The van der Waals surface area contributed by atoms with Crippen LogP contribution in [0, 0.1) is 5.82 Å². The first-order valence-corrected chi connectivity index (χ1v) is 9.05. The van der Waals surface area contributed by atoms with Crippen LogP contribution in [0.4, 0.5) is 10.1 Å². The van der Waals surface area contributed by atoms with E-state index < -0.39 is 0 Å². The summed E-state index contributed by atoms with van der Waals surface area (Å²) < 4.78 is 15.8. The van der Waals surface area contributed by atoms with E-state index in [-0.39, 0.29) is 11.9 Å². The van der Waals surface area contributed by atoms with Crippen molar-refractivity contribution >= 4 is 5.69 Å². The summed E-state index contributed by atoms with van der Waals surface area (Å²) in [5, 5.41) is 7.70. The highest BCUT2D eigenvalue weighted by atomic mass is 19.1. The molecule has 1 N–H and O–H groups in total. The van der Waals surface area contributed by atoms with Crippen molar-refractivity contribution in [2.24, 2.45) is 7.05 Å². The first-order chi connectivity index (χ1) is 12.1. The van der Waals surface area contributed by atoms with E-state index in [2.05, 4.69) is 34.1 Å². The molecule has 0 aliphatic carbocycles. The first-order valence-electron chi connectivity index (χ1n) is 9.05. The number of likely N-dealkylation sites (N-methyl/N-ethyl adjacent to an activating group) is 1. The van der Waals surface area contributed by atoms with Gasteiger partial charge >= 0.3 is 0 Å². The molecule has 5 nitrogen and oxygen atoms in total. The Morgan fingerprint density at radius 2 is 1.96 bits per heavy atom. The van der Waals surface area contributed by atoms with E-state index in [1.165, 1.54) is 0 Å². The van der Waals surface area contributed by atoms with Crippen molar-refractivity contribution in [2.45, 2.75) is 26.4 Å². The molecule has 0 bridgehead atoms. The van der Waals surface area contributed by atoms with Crippen LogP contribution >= 0.6 is 0 Å². The summed E-state index contributed by atoms with van der Waals surface area (Å²) in [6.45, 7) is 10.2. The fourth-order valence-corrected chi connectivity index (χ4v) is 3.41. The lowest BCUT2D eigenvalue weighted by atomic mass is 10.0. The number of halogens is 1. The van der Waals surface area contributed by atoms with Crippen LogP contribution in [0.5, 0.6) is 0 Å². The van der Waals surface area contributed by atoms with Gasteiger partial charge in [0.25, 0.3) is 0 Å². The van der Waals surface area contributed by atoms with E-state index in [0.717, 1.165) is 49.7 Å². The van der Waals surface area contributed by atoms with E-state index in [4.69, 9.17) is 0 Å². The third kappa shape index (κ3) is 4.19. The largest absolute Gasteiger partial charge is 0.369 e. The average molecular weight is 345 g/mol. The number of benzene rings is 1. The Morgan fingerprint density at radius 1 is 1.20 bits per heavy atom. The van der Waals surface area contributed by atoms with Crippen molar-refractivity contribution in [1.82, 2.24) is 20.0 Å². The van der Waals surface area contributed by atoms with Gasteiger partial charge in [0.15, 0.2) is 0 Å². The van der Waals surface area contributed by atoms with Crippen LogP contribution in [-0.4, -0.2) is 47.4 Å². The van der Waals surface area contributed by atoms with E-state index in [1.807, 2.05) is 23.9 Å². The Morgan fingerprint density at radius 3 is 2.60 bits per heavy atom. The molecule has 0 saturated carbocycles. The van der Waals surface area contributed by atoms with E-state index in [9.17, 15) is 4.39 Å². The maximum Gasteiger partial charge on any atom is 0.123 e. The highest BCUT2D eigenvalue weighted by Gasteiger charge is 2.21. The number of hydrogen-bond acceptors (Lipinski definition) is 4. The van der Waals surface area contributed by atoms with Gasteiger partial charge in [-0.3, -0.25) is 4.68 Å². The molecule has 3 rings (SSSR count). The zero-order valence-corrected chi connectivity index (χ0v) is 15.4. The zero-order chi connectivity index (χ0) is 17.8. The summed E-state index contributed by atoms with van der Waals surface area (Å²) in [4.78, 5) is 4.83. The SMILES string of the molecule is CCN1CCN(c2ccc(F)cc2[C@H](C)NCc2ccnn2C)CC1. The number of hydrogen-bond donors (Lipinski definition) is 1. The van der Waals surface area contributed by atoms with Crippen molar-refractivity contribution in [1.29, 1.82) is 0 Å². The van der Waals surface area contributed by atoms with Crippen molar-refractivity contribution in [3.63, 3.8) is 0 Å². The molecule has 25 heavy (non-hydrogen) atoms. The Bertz CT molecular complexity index is 691. The second-order valence-electron chi connectivity index (χ2n) is 6.67. The van der Waals surface area contributed by atoms with Gasteiger partial charge in [0, 0.05) is 57.7 Å². The molecule has 0 spiro atoms. The molecule has 0 radical (unpaired) electrons. The lowest BCUT2D eigenvalue weighted by molar-refractivity contribution is 0.271. The fourth-order valence-electron chi connectivity index (χ4n) is 3.41. The van der Waals surface area contributed by atoms with Crippen LogP contribution in [0.2, 0.25) is 0 Å². The highest BCUT2D eigenvalue weighted by Crippen LogP contribution is 2.28. The molecule has 136 valence electrons. The van der Waals surface area contributed by atoms with Gasteiger partial charge in [0.2, 0.25) is 0 Å². The van der Waals surface area contributed by atoms with Gasteiger partial charge in [-0.05, 0) is 43.3 Å². The van der Waals surface area contributed by atoms with Crippen LogP contribution in [0.25, 0.3) is 0 Å². The molecule has 2 heterocycles. The van der Waals surface area contributed by atoms with Crippen LogP contribution in [-0.2, 0) is 13.6 Å². The molecule has 1 aromatic heterocycles. The van der Waals surface area contributed by atoms with Gasteiger partial charge in [0.05, 0.1) is 5.69 Å². The van der Waals surface area contributed by atoms with Gasteiger partial charge in [-0.2, -0.15) is 5.10 Å². The van der Waals surface area contributed by atoms with Gasteiger partial charge in [-0.25, -0.2) is 4.39 Å². The van der Waals surface area contributed by atoms with E-state index >= 15 is 0 Å². The third-order valence-corrected chi connectivity index (χ3v) is 5.13. The summed E-state index contributed by atoms with van der Waals surface area (Å²) in [5.41, 5.74) is 3.27. The minimum absolute atomic E-state index is 0.0600. The molecular weight excluding hydrogens is 317 g/mol. The van der Waals surface area contributed by atoms with Crippen LogP contribution in [0.1, 0.15) is 31.1 Å². The molecule has 1 saturated heterocycles. The topological polar surface area (TPSA) is 36.3 Å². The van der Waals surface area contributed by atoms with Crippen molar-refractivity contribution in [2.75, 3.05) is 37.6 Å². The monoisotopic (exact) mass is 345 g/mol. The number of nitrogens with one attached hydrogen (secondary N) is 1. The maximum atomic E-state index is 13.9. The predicted octanol–water partition coefficient (Wildman–Crippen LogP) is 2.55. The number of piperazine rings is 1. The van der Waals surface area contributed by atoms with Gasteiger partial charge in [-0.15, -0.1) is 0 Å². The Balaban J connectivity index is 1.73. The Labute approximate surface area is 149 Å². The average Bonchev–Trinajstić information content (AvgIpc) is 3.04. The predicted molar refractivity (Wildman–Crippen MR) is 99.2 cm³/mol. The summed E-state index contributed by atoms with van der Waals surface area (Å²) >= 11 is 0. The normalized spacial score (nSPS) is 17.0. The van der Waals surface area contributed by atoms with Crippen molar-refractivity contribution < 1.29 is 4.39 Å². The lowest BCUT2D eigenvalue weighted by Gasteiger charge is -2.37. The molecule has 6 heteroatoms. The number of anilines is 1. The molecule has 2 aromatic rings. The standard InChI is InChI=1S/C19H28FN5/c1-4-24-9-11-25(12-10-24)19-6-5-16(20)13-18(19)15(2)21-14-17-7-8-22-23(17)3/h5-8,13,15,21H,4,9-12,14H2,1-3H3/t15-/m0/s1. The zero-order valence-electron chi connectivity index (χ0n) is 15.4. The van der Waals surface area contributed by atoms with Crippen LogP contribution in [0.3, 0.4) is 0 Å². The van der Waals surface area contributed by atoms with Crippen molar-refractivity contribution in [3.05, 3.63) is 47.5 Å². The van der Waals surface area contributed by atoms with E-state index in [1.54, 1.807) is 18.3 Å². The fraction of sp³-hybridized carbons (Fsp3) is 0.526. The van der Waals surface area contributed by atoms with Gasteiger partial charge < -0.3 is 15.1 Å². The molecule has 1 aliphatic heterocycles. The Hall–Kier alpha value is -1.92. The second kappa shape index (κ2) is 7.97. The Kier molecular flexibility index (Phi) is 5.71. The highest BCUT2D eigenvalue weighted by molar-refractivity contribution is 5.55. The minimum atomic E-state index is -0.180. The molecule has 1 fully saturated rings. The molecule has 1 aromatic carbocycles. The minimum Gasteiger partial charge on any atom is -0.369 e. The first kappa shape index (κ1) is 17.9. The maximum absolute atomic E-state index is 13.9. The van der Waals surface area contributed by atoms with E-state index in [0.29, 0.717) is 6.54 Å². The summed E-state index contributed by atoms with van der Waals surface area (Å²) in [7, 11) is 1.93.